The molecule has 0 spiro atoms. The van der Waals surface area contributed by atoms with Crippen molar-refractivity contribution in [3.8, 4) is 0 Å². The Hall–Kier alpha value is -0.936. The monoisotopic (exact) mass is 343 g/mol. The van der Waals surface area contributed by atoms with Crippen molar-refractivity contribution in [2.45, 2.75) is 70.6 Å². The van der Waals surface area contributed by atoms with Gasteiger partial charge in [0.25, 0.3) is 0 Å². The zero-order valence-electron chi connectivity index (χ0n) is 16.4. The van der Waals surface area contributed by atoms with Crippen molar-refractivity contribution in [2.24, 2.45) is 0 Å². The van der Waals surface area contributed by atoms with Crippen LogP contribution in [0, 0.1) is 0 Å². The highest BCUT2D eigenvalue weighted by molar-refractivity contribution is 6.96. The second-order valence-electron chi connectivity index (χ2n) is 10.0. The van der Waals surface area contributed by atoms with Crippen molar-refractivity contribution in [3.05, 3.63) is 41.7 Å². The fourth-order valence-corrected chi connectivity index (χ4v) is 16.6. The summed E-state index contributed by atoms with van der Waals surface area (Å²) in [5, 5.41) is 3.35. The number of hydrogen-bond acceptors (Lipinski definition) is 1. The van der Waals surface area contributed by atoms with Crippen LogP contribution in [0.15, 0.2) is 30.3 Å². The van der Waals surface area contributed by atoms with Gasteiger partial charge in [0.15, 0.2) is 0 Å². The molecule has 2 aromatic rings. The van der Waals surface area contributed by atoms with Crippen molar-refractivity contribution >= 4 is 26.9 Å². The van der Waals surface area contributed by atoms with Gasteiger partial charge in [0, 0.05) is 16.5 Å². The number of pyridine rings is 1. The molecule has 0 unspecified atom stereocenters. The van der Waals surface area contributed by atoms with Crippen molar-refractivity contribution in [1.82, 2.24) is 4.98 Å². The van der Waals surface area contributed by atoms with Crippen molar-refractivity contribution < 1.29 is 0 Å². The maximum Gasteiger partial charge on any atom is 0.0538 e. The molecule has 0 saturated carbocycles. The molecule has 1 aromatic carbocycles. The Bertz CT molecular complexity index is 686. The lowest BCUT2D eigenvalue weighted by Gasteiger charge is -2.38. The molecule has 0 aliphatic rings. The maximum atomic E-state index is 5.27. The molecule has 0 bridgehead atoms. The van der Waals surface area contributed by atoms with Gasteiger partial charge in [0.1, 0.15) is 0 Å². The van der Waals surface area contributed by atoms with E-state index in [1.807, 2.05) is 0 Å². The first-order valence-corrected chi connectivity index (χ1v) is 15.9. The molecule has 0 aliphatic heterocycles. The number of aromatic nitrogens is 1. The Balaban J connectivity index is 2.80. The van der Waals surface area contributed by atoms with Gasteiger partial charge in [-0.05, 0) is 16.6 Å². The third-order valence-corrected chi connectivity index (χ3v) is 13.8. The van der Waals surface area contributed by atoms with Crippen LogP contribution in [0.25, 0.3) is 10.8 Å². The molecule has 0 radical (unpaired) electrons. The average molecular weight is 344 g/mol. The van der Waals surface area contributed by atoms with Crippen LogP contribution in [0.5, 0.6) is 0 Å². The van der Waals surface area contributed by atoms with Crippen molar-refractivity contribution in [3.63, 3.8) is 0 Å². The fraction of sp³-hybridized carbons (Fsp3) is 0.550. The lowest BCUT2D eigenvalue weighted by molar-refractivity contribution is 0.573. The summed E-state index contributed by atoms with van der Waals surface area (Å²) in [6, 6.07) is 11.1. The van der Waals surface area contributed by atoms with Crippen LogP contribution < -0.4 is 0 Å². The minimum absolute atomic E-state index is 0.0685. The molecule has 0 aliphatic carbocycles. The van der Waals surface area contributed by atoms with Gasteiger partial charge < -0.3 is 0 Å². The molecular formula is C20H33NSi2. The Morgan fingerprint density at radius 3 is 1.87 bits per heavy atom. The number of benzene rings is 1. The van der Waals surface area contributed by atoms with E-state index in [4.69, 9.17) is 4.98 Å². The van der Waals surface area contributed by atoms with Crippen molar-refractivity contribution in [1.29, 1.82) is 0 Å². The Labute approximate surface area is 144 Å². The zero-order chi connectivity index (χ0) is 17.6. The van der Waals surface area contributed by atoms with Gasteiger partial charge in [-0.25, -0.2) is 0 Å². The third kappa shape index (κ3) is 3.94. The fourth-order valence-electron chi connectivity index (χ4n) is 4.13. The average Bonchev–Trinajstić information content (AvgIpc) is 2.33. The van der Waals surface area contributed by atoms with Gasteiger partial charge in [-0.15, -0.1) is 0 Å². The molecule has 0 amide bonds. The minimum atomic E-state index is -1.33. The molecular weight excluding hydrogens is 310 g/mol. The van der Waals surface area contributed by atoms with E-state index < -0.39 is 16.1 Å². The first-order chi connectivity index (χ1) is 10.3. The highest BCUT2D eigenvalue weighted by Crippen LogP contribution is 2.38. The van der Waals surface area contributed by atoms with E-state index in [1.165, 1.54) is 22.2 Å². The summed E-state index contributed by atoms with van der Waals surface area (Å²) in [6.45, 7) is 21.9. The second kappa shape index (κ2) is 5.85. The smallest absolute Gasteiger partial charge is 0.0538 e. The van der Waals surface area contributed by atoms with Gasteiger partial charge in [0.05, 0.1) is 21.8 Å². The van der Waals surface area contributed by atoms with Gasteiger partial charge in [-0.1, -0.05) is 84.3 Å². The van der Waals surface area contributed by atoms with Crippen molar-refractivity contribution in [2.75, 3.05) is 0 Å². The highest BCUT2D eigenvalue weighted by atomic mass is 28.4. The van der Waals surface area contributed by atoms with Crippen LogP contribution in [-0.2, 0) is 5.41 Å². The molecule has 0 N–H and O–H groups in total. The van der Waals surface area contributed by atoms with Crippen LogP contribution in [0.1, 0.15) is 37.3 Å². The van der Waals surface area contributed by atoms with E-state index in [9.17, 15) is 0 Å². The molecule has 2 rings (SSSR count). The number of fused-ring (bicyclic) bond motifs is 1. The predicted molar refractivity (Wildman–Crippen MR) is 110 cm³/mol. The summed E-state index contributed by atoms with van der Waals surface area (Å²) in [7, 11) is -2.67. The molecule has 1 aromatic heterocycles. The van der Waals surface area contributed by atoms with E-state index in [0.717, 1.165) is 0 Å². The molecule has 23 heavy (non-hydrogen) atoms. The normalized spacial score (nSPS) is 13.8. The summed E-state index contributed by atoms with van der Waals surface area (Å²) in [5.41, 5.74) is 2.68. The van der Waals surface area contributed by atoms with Crippen LogP contribution in [0.3, 0.4) is 0 Å². The molecule has 0 fully saturated rings. The SMILES string of the molecule is CC(C)(C)c1nc(C([Si](C)(C)C)[Si](C)(C)C)cc2ccccc12. The van der Waals surface area contributed by atoms with Gasteiger partial charge in [0.2, 0.25) is 0 Å². The summed E-state index contributed by atoms with van der Waals surface area (Å²) in [5.74, 6) is 0. The van der Waals surface area contributed by atoms with Crippen LogP contribution >= 0.6 is 0 Å². The number of hydrogen-bond donors (Lipinski definition) is 0. The Morgan fingerprint density at radius 1 is 0.870 bits per heavy atom. The van der Waals surface area contributed by atoms with Gasteiger partial charge >= 0.3 is 0 Å². The van der Waals surface area contributed by atoms with Crippen LogP contribution in [0.2, 0.25) is 39.3 Å². The molecule has 1 heterocycles. The zero-order valence-corrected chi connectivity index (χ0v) is 18.4. The summed E-state index contributed by atoms with van der Waals surface area (Å²) < 4.78 is 0. The molecule has 126 valence electrons. The van der Waals surface area contributed by atoms with E-state index >= 15 is 0 Å². The predicted octanol–water partition coefficient (Wildman–Crippen LogP) is 6.37. The van der Waals surface area contributed by atoms with Crippen LogP contribution in [-0.4, -0.2) is 21.1 Å². The standard InChI is InChI=1S/C20H33NSi2/c1-20(2,3)18-16-13-11-10-12-15(16)14-17(21-18)19(22(4,5)6)23(7,8)9/h10-14,19H,1-9H3. The van der Waals surface area contributed by atoms with E-state index in [0.29, 0.717) is 5.16 Å². The highest BCUT2D eigenvalue weighted by Gasteiger charge is 2.40. The second-order valence-corrected chi connectivity index (χ2v) is 21.2. The summed E-state index contributed by atoms with van der Waals surface area (Å²) >= 11 is 0. The lowest BCUT2D eigenvalue weighted by Crippen LogP contribution is -2.47. The number of rotatable bonds is 3. The molecule has 0 atom stereocenters. The molecule has 0 saturated heterocycles. The lowest BCUT2D eigenvalue weighted by atomic mass is 9.88. The maximum absolute atomic E-state index is 5.27. The summed E-state index contributed by atoms with van der Waals surface area (Å²) in [6.07, 6.45) is 0. The Kier molecular flexibility index (Phi) is 4.68. The van der Waals surface area contributed by atoms with Gasteiger partial charge in [-0.3, -0.25) is 4.98 Å². The summed E-state index contributed by atoms with van der Waals surface area (Å²) in [4.78, 5) is 5.27. The van der Waals surface area contributed by atoms with Gasteiger partial charge in [-0.2, -0.15) is 0 Å². The first-order valence-electron chi connectivity index (χ1n) is 8.72. The Morgan fingerprint density at radius 2 is 1.39 bits per heavy atom. The quantitative estimate of drug-likeness (QED) is 0.590. The minimum Gasteiger partial charge on any atom is -0.257 e. The molecule has 3 heteroatoms. The van der Waals surface area contributed by atoms with Crippen LogP contribution in [0.4, 0.5) is 0 Å². The first kappa shape index (κ1) is 18.4. The topological polar surface area (TPSA) is 12.9 Å². The number of nitrogens with zero attached hydrogens (tertiary/aromatic N) is 1. The van der Waals surface area contributed by atoms with E-state index in [-0.39, 0.29) is 5.41 Å². The largest absolute Gasteiger partial charge is 0.257 e. The third-order valence-electron chi connectivity index (χ3n) is 4.50. The van der Waals surface area contributed by atoms with E-state index in [1.54, 1.807) is 0 Å². The molecule has 1 nitrogen and oxygen atoms in total. The van der Waals surface area contributed by atoms with E-state index in [2.05, 4.69) is 90.4 Å².